The van der Waals surface area contributed by atoms with Crippen molar-refractivity contribution < 1.29 is 0 Å². The zero-order valence-corrected chi connectivity index (χ0v) is 10.0. The third-order valence-electron chi connectivity index (χ3n) is 2.42. The Hall–Kier alpha value is -2.23. The van der Waals surface area contributed by atoms with Crippen LogP contribution >= 0.6 is 0 Å². The van der Waals surface area contributed by atoms with Crippen LogP contribution in [0.15, 0.2) is 42.7 Å². The van der Waals surface area contributed by atoms with Crippen LogP contribution in [0.4, 0.5) is 22.7 Å². The number of rotatable bonds is 3. The molecule has 17 heavy (non-hydrogen) atoms. The van der Waals surface area contributed by atoms with Gasteiger partial charge in [0.05, 0.1) is 28.9 Å². The first kappa shape index (κ1) is 11.3. The van der Waals surface area contributed by atoms with Gasteiger partial charge in [0.2, 0.25) is 0 Å². The SMILES string of the molecule is CN(C)c1ccccc1Nc1cncc(N)c1. The Morgan fingerprint density at radius 1 is 1.18 bits per heavy atom. The van der Waals surface area contributed by atoms with Crippen molar-refractivity contribution in [3.63, 3.8) is 0 Å². The average molecular weight is 228 g/mol. The molecule has 4 nitrogen and oxygen atoms in total. The second-order valence-electron chi connectivity index (χ2n) is 4.04. The number of pyridine rings is 1. The second kappa shape index (κ2) is 4.74. The van der Waals surface area contributed by atoms with Gasteiger partial charge in [-0.3, -0.25) is 4.98 Å². The van der Waals surface area contributed by atoms with E-state index < -0.39 is 0 Å². The number of benzene rings is 1. The normalized spacial score (nSPS) is 10.0. The van der Waals surface area contributed by atoms with Crippen molar-refractivity contribution in [2.24, 2.45) is 0 Å². The maximum Gasteiger partial charge on any atom is 0.0622 e. The fourth-order valence-corrected chi connectivity index (χ4v) is 1.65. The molecule has 0 saturated carbocycles. The van der Waals surface area contributed by atoms with Gasteiger partial charge in [-0.15, -0.1) is 0 Å². The zero-order chi connectivity index (χ0) is 12.3. The highest BCUT2D eigenvalue weighted by Crippen LogP contribution is 2.27. The lowest BCUT2D eigenvalue weighted by atomic mass is 10.2. The number of aromatic nitrogens is 1. The van der Waals surface area contributed by atoms with Crippen LogP contribution in [0.1, 0.15) is 0 Å². The van der Waals surface area contributed by atoms with Gasteiger partial charge in [0, 0.05) is 20.3 Å². The van der Waals surface area contributed by atoms with Crippen molar-refractivity contribution >= 4 is 22.7 Å². The number of nitrogens with zero attached hydrogens (tertiary/aromatic N) is 2. The molecular weight excluding hydrogens is 212 g/mol. The zero-order valence-electron chi connectivity index (χ0n) is 10.0. The van der Waals surface area contributed by atoms with Crippen LogP contribution in [0.2, 0.25) is 0 Å². The predicted octanol–water partition coefficient (Wildman–Crippen LogP) is 2.47. The lowest BCUT2D eigenvalue weighted by Gasteiger charge is -2.18. The number of para-hydroxylation sites is 2. The van der Waals surface area contributed by atoms with Crippen LogP contribution in [0.5, 0.6) is 0 Å². The Morgan fingerprint density at radius 2 is 1.94 bits per heavy atom. The summed E-state index contributed by atoms with van der Waals surface area (Å²) in [5.41, 5.74) is 9.39. The van der Waals surface area contributed by atoms with E-state index in [9.17, 15) is 0 Å². The second-order valence-corrected chi connectivity index (χ2v) is 4.04. The number of anilines is 4. The minimum absolute atomic E-state index is 0.650. The van der Waals surface area contributed by atoms with E-state index in [0.29, 0.717) is 5.69 Å². The molecule has 4 heteroatoms. The minimum atomic E-state index is 0.650. The van der Waals surface area contributed by atoms with Crippen LogP contribution in [-0.4, -0.2) is 19.1 Å². The van der Waals surface area contributed by atoms with Crippen molar-refractivity contribution in [3.05, 3.63) is 42.7 Å². The summed E-state index contributed by atoms with van der Waals surface area (Å²) < 4.78 is 0. The largest absolute Gasteiger partial charge is 0.397 e. The molecule has 0 atom stereocenters. The lowest BCUT2D eigenvalue weighted by molar-refractivity contribution is 1.13. The summed E-state index contributed by atoms with van der Waals surface area (Å²) in [5, 5.41) is 3.31. The first-order valence-corrected chi connectivity index (χ1v) is 5.41. The number of nitrogen functional groups attached to an aromatic ring is 1. The van der Waals surface area contributed by atoms with Gasteiger partial charge in [-0.1, -0.05) is 12.1 Å². The maximum absolute atomic E-state index is 5.70. The maximum atomic E-state index is 5.70. The van der Waals surface area contributed by atoms with Crippen LogP contribution in [0.25, 0.3) is 0 Å². The highest BCUT2D eigenvalue weighted by atomic mass is 15.1. The Kier molecular flexibility index (Phi) is 3.14. The summed E-state index contributed by atoms with van der Waals surface area (Å²) >= 11 is 0. The van der Waals surface area contributed by atoms with Crippen LogP contribution < -0.4 is 16.0 Å². The van der Waals surface area contributed by atoms with Crippen molar-refractivity contribution in [1.82, 2.24) is 4.98 Å². The fourth-order valence-electron chi connectivity index (χ4n) is 1.65. The summed E-state index contributed by atoms with van der Waals surface area (Å²) in [7, 11) is 4.02. The van der Waals surface area contributed by atoms with Crippen LogP contribution in [-0.2, 0) is 0 Å². The molecule has 1 aromatic heterocycles. The highest BCUT2D eigenvalue weighted by molar-refractivity contribution is 5.75. The van der Waals surface area contributed by atoms with E-state index in [1.165, 1.54) is 0 Å². The molecule has 1 heterocycles. The molecule has 0 aliphatic heterocycles. The Bertz CT molecular complexity index is 508. The number of hydrogen-bond donors (Lipinski definition) is 2. The molecule has 0 unspecified atom stereocenters. The molecule has 2 rings (SSSR count). The Labute approximate surface area is 101 Å². The standard InChI is InChI=1S/C13H16N4/c1-17(2)13-6-4-3-5-12(13)16-11-7-10(14)8-15-9-11/h3-9,16H,14H2,1-2H3. The monoisotopic (exact) mass is 228 g/mol. The van der Waals surface area contributed by atoms with E-state index >= 15 is 0 Å². The topological polar surface area (TPSA) is 54.2 Å². The highest BCUT2D eigenvalue weighted by Gasteiger charge is 2.03. The molecule has 0 aliphatic rings. The fraction of sp³-hybridized carbons (Fsp3) is 0.154. The van der Waals surface area contributed by atoms with Gasteiger partial charge in [-0.05, 0) is 18.2 Å². The molecule has 0 aliphatic carbocycles. The Balaban J connectivity index is 2.30. The van der Waals surface area contributed by atoms with Gasteiger partial charge in [-0.2, -0.15) is 0 Å². The summed E-state index contributed by atoms with van der Waals surface area (Å²) in [4.78, 5) is 6.11. The van der Waals surface area contributed by atoms with Gasteiger partial charge >= 0.3 is 0 Å². The Morgan fingerprint density at radius 3 is 2.65 bits per heavy atom. The minimum Gasteiger partial charge on any atom is -0.397 e. The molecule has 0 spiro atoms. The molecule has 2 aromatic rings. The molecule has 3 N–H and O–H groups in total. The van der Waals surface area contributed by atoms with Gasteiger partial charge in [-0.25, -0.2) is 0 Å². The van der Waals surface area contributed by atoms with E-state index in [4.69, 9.17) is 5.73 Å². The van der Waals surface area contributed by atoms with E-state index in [2.05, 4.69) is 21.3 Å². The van der Waals surface area contributed by atoms with Crippen molar-refractivity contribution in [2.75, 3.05) is 30.0 Å². The summed E-state index contributed by atoms with van der Waals surface area (Å²) in [6.45, 7) is 0. The lowest BCUT2D eigenvalue weighted by Crippen LogP contribution is -2.10. The van der Waals surface area contributed by atoms with Crippen molar-refractivity contribution in [3.8, 4) is 0 Å². The molecule has 88 valence electrons. The third kappa shape index (κ3) is 2.66. The van der Waals surface area contributed by atoms with E-state index in [-0.39, 0.29) is 0 Å². The van der Waals surface area contributed by atoms with Gasteiger partial charge in [0.15, 0.2) is 0 Å². The molecular formula is C13H16N4. The molecule has 1 aromatic carbocycles. The van der Waals surface area contributed by atoms with Gasteiger partial charge < -0.3 is 16.0 Å². The molecule has 0 radical (unpaired) electrons. The first-order chi connectivity index (χ1) is 8.16. The van der Waals surface area contributed by atoms with Gasteiger partial charge in [0.25, 0.3) is 0 Å². The number of hydrogen-bond acceptors (Lipinski definition) is 4. The summed E-state index contributed by atoms with van der Waals surface area (Å²) in [5.74, 6) is 0. The van der Waals surface area contributed by atoms with Crippen molar-refractivity contribution in [2.45, 2.75) is 0 Å². The van der Waals surface area contributed by atoms with Gasteiger partial charge in [0.1, 0.15) is 0 Å². The predicted molar refractivity (Wildman–Crippen MR) is 72.7 cm³/mol. The number of nitrogens with two attached hydrogens (primary N) is 1. The molecule has 0 amide bonds. The summed E-state index contributed by atoms with van der Waals surface area (Å²) in [6, 6.07) is 9.95. The van der Waals surface area contributed by atoms with E-state index in [1.54, 1.807) is 12.4 Å². The quantitative estimate of drug-likeness (QED) is 0.847. The number of nitrogens with one attached hydrogen (secondary N) is 1. The van der Waals surface area contributed by atoms with E-state index in [0.717, 1.165) is 17.1 Å². The van der Waals surface area contributed by atoms with Crippen LogP contribution in [0, 0.1) is 0 Å². The third-order valence-corrected chi connectivity index (χ3v) is 2.42. The molecule has 0 fully saturated rings. The van der Waals surface area contributed by atoms with Crippen LogP contribution in [0.3, 0.4) is 0 Å². The average Bonchev–Trinajstić information content (AvgIpc) is 2.29. The smallest absolute Gasteiger partial charge is 0.0622 e. The molecule has 0 bridgehead atoms. The first-order valence-electron chi connectivity index (χ1n) is 5.41. The molecule has 0 saturated heterocycles. The van der Waals surface area contributed by atoms with E-state index in [1.807, 2.05) is 38.4 Å². The van der Waals surface area contributed by atoms with Crippen molar-refractivity contribution in [1.29, 1.82) is 0 Å². The summed E-state index contributed by atoms with van der Waals surface area (Å²) in [6.07, 6.45) is 3.38.